The van der Waals surface area contributed by atoms with Crippen LogP contribution in [0.1, 0.15) is 44.9 Å². The number of likely N-dealkylation sites (tertiary alicyclic amines) is 1. The van der Waals surface area contributed by atoms with Crippen LogP contribution < -0.4 is 0 Å². The molecule has 0 unspecified atom stereocenters. The van der Waals surface area contributed by atoms with Crippen molar-refractivity contribution in [2.45, 2.75) is 63.3 Å². The Kier molecular flexibility index (Phi) is 6.42. The van der Waals surface area contributed by atoms with Crippen LogP contribution >= 0.6 is 0 Å². The van der Waals surface area contributed by atoms with Crippen molar-refractivity contribution in [1.29, 1.82) is 0 Å². The maximum atomic E-state index is 13.3. The number of hydrogen-bond donors (Lipinski definition) is 2. The van der Waals surface area contributed by atoms with E-state index in [9.17, 15) is 19.8 Å². The highest BCUT2D eigenvalue weighted by Crippen LogP contribution is 2.49. The Balaban J connectivity index is 1.52. The van der Waals surface area contributed by atoms with Crippen molar-refractivity contribution in [3.05, 3.63) is 0 Å². The maximum Gasteiger partial charge on any atom is 0.233 e. The van der Waals surface area contributed by atoms with E-state index in [1.54, 1.807) is 0 Å². The number of aliphatic hydroxyl groups is 2. The van der Waals surface area contributed by atoms with Gasteiger partial charge in [-0.05, 0) is 32.1 Å². The Morgan fingerprint density at radius 3 is 2.73 bits per heavy atom. The zero-order chi connectivity index (χ0) is 21.3. The smallest absolute Gasteiger partial charge is 0.233 e. The lowest BCUT2D eigenvalue weighted by Gasteiger charge is -2.45. The second-order valence-corrected chi connectivity index (χ2v) is 8.80. The van der Waals surface area contributed by atoms with Gasteiger partial charge >= 0.3 is 0 Å². The van der Waals surface area contributed by atoms with Gasteiger partial charge in [-0.25, -0.2) is 0 Å². The van der Waals surface area contributed by atoms with Crippen molar-refractivity contribution in [3.8, 4) is 12.3 Å². The number of terminal acetylenes is 1. The molecule has 164 valence electrons. The van der Waals surface area contributed by atoms with E-state index < -0.39 is 30.0 Å². The van der Waals surface area contributed by atoms with Crippen molar-refractivity contribution >= 4 is 17.5 Å². The molecule has 2 saturated carbocycles. The molecule has 4 aliphatic rings. The summed E-state index contributed by atoms with van der Waals surface area (Å²) in [5.74, 6) is 0.325. The summed E-state index contributed by atoms with van der Waals surface area (Å²) < 4.78 is 5.62. The third-order valence-corrected chi connectivity index (χ3v) is 7.02. The largest absolute Gasteiger partial charge is 0.396 e. The number of aliphatic hydroxyl groups excluding tert-OH is 2. The fourth-order valence-electron chi connectivity index (χ4n) is 5.58. The van der Waals surface area contributed by atoms with E-state index in [0.29, 0.717) is 44.6 Å². The number of fused-ring (bicyclic) bond motifs is 3. The summed E-state index contributed by atoms with van der Waals surface area (Å²) in [4.78, 5) is 33.0. The van der Waals surface area contributed by atoms with E-state index >= 15 is 0 Å². The van der Waals surface area contributed by atoms with Crippen LogP contribution in [0.15, 0.2) is 5.16 Å². The summed E-state index contributed by atoms with van der Waals surface area (Å²) in [5, 5.41) is 25.5. The van der Waals surface area contributed by atoms with Crippen LogP contribution in [0.5, 0.6) is 0 Å². The monoisotopic (exact) mass is 418 g/mol. The van der Waals surface area contributed by atoms with Crippen molar-refractivity contribution in [3.63, 3.8) is 0 Å². The molecule has 0 radical (unpaired) electrons. The quantitative estimate of drug-likeness (QED) is 0.285. The van der Waals surface area contributed by atoms with Crippen molar-refractivity contribution in [2.24, 2.45) is 28.8 Å². The maximum absolute atomic E-state index is 13.3. The molecule has 2 N–H and O–H groups in total. The number of imide groups is 1. The lowest BCUT2D eigenvalue weighted by molar-refractivity contribution is -0.143. The minimum Gasteiger partial charge on any atom is -0.396 e. The lowest BCUT2D eigenvalue weighted by Crippen LogP contribution is -2.54. The van der Waals surface area contributed by atoms with Gasteiger partial charge in [-0.3, -0.25) is 14.5 Å². The zero-order valence-corrected chi connectivity index (χ0v) is 17.1. The SMILES string of the molecule is C#CCCCON=C1C[C@@H](O)[C@@H](O)[C@@H]2[C@@H]3C(=O)N(C[C@@H]4CCCO4)C(=O)[C@@H]3CC[C@H]12. The summed E-state index contributed by atoms with van der Waals surface area (Å²) in [6, 6.07) is 0. The Bertz CT molecular complexity index is 740. The van der Waals surface area contributed by atoms with E-state index in [1.165, 1.54) is 4.90 Å². The van der Waals surface area contributed by atoms with Crippen molar-refractivity contribution in [2.75, 3.05) is 19.8 Å². The Morgan fingerprint density at radius 1 is 1.20 bits per heavy atom. The van der Waals surface area contributed by atoms with E-state index in [4.69, 9.17) is 16.0 Å². The van der Waals surface area contributed by atoms with Gasteiger partial charge in [0.05, 0.1) is 42.4 Å². The number of carbonyl (C=O) groups is 2. The molecule has 2 heterocycles. The fraction of sp³-hybridized carbons (Fsp3) is 0.773. The highest BCUT2D eigenvalue weighted by molar-refractivity contribution is 6.06. The topological polar surface area (TPSA) is 109 Å². The minimum atomic E-state index is -1.07. The minimum absolute atomic E-state index is 0.107. The van der Waals surface area contributed by atoms with Crippen LogP contribution in [0.4, 0.5) is 0 Å². The van der Waals surface area contributed by atoms with Crippen LogP contribution in [0, 0.1) is 36.0 Å². The van der Waals surface area contributed by atoms with Crippen LogP contribution in [0.25, 0.3) is 0 Å². The van der Waals surface area contributed by atoms with E-state index in [1.807, 2.05) is 0 Å². The number of ether oxygens (including phenoxy) is 1. The van der Waals surface area contributed by atoms with Gasteiger partial charge in [-0.2, -0.15) is 0 Å². The molecule has 0 aromatic heterocycles. The Morgan fingerprint density at radius 2 is 2.00 bits per heavy atom. The average molecular weight is 418 g/mol. The molecule has 7 atom stereocenters. The molecule has 2 aliphatic heterocycles. The molecule has 0 bridgehead atoms. The standard InChI is InChI=1S/C22H30N2O6/c1-2-3-4-10-30-23-16-11-17(25)20(26)18-14(16)7-8-15-19(18)22(28)24(21(15)27)12-13-6-5-9-29-13/h1,13-15,17-20,25-26H,3-12H2/t13-,14+,15+,17+,18-,19+,20+/m0/s1. The van der Waals surface area contributed by atoms with Gasteiger partial charge in [0.25, 0.3) is 0 Å². The molecule has 4 fully saturated rings. The van der Waals surface area contributed by atoms with Gasteiger partial charge in [-0.1, -0.05) is 5.16 Å². The van der Waals surface area contributed by atoms with Crippen LogP contribution in [-0.4, -0.2) is 70.7 Å². The van der Waals surface area contributed by atoms with Crippen LogP contribution in [-0.2, 0) is 19.2 Å². The van der Waals surface area contributed by atoms with E-state index in [-0.39, 0.29) is 36.8 Å². The second-order valence-electron chi connectivity index (χ2n) is 8.80. The first kappa shape index (κ1) is 21.3. The molecule has 0 aromatic rings. The number of amides is 2. The number of nitrogens with zero attached hydrogens (tertiary/aromatic N) is 2. The molecule has 4 rings (SSSR count). The summed E-state index contributed by atoms with van der Waals surface area (Å²) >= 11 is 0. The Hall–Kier alpha value is -1.95. The van der Waals surface area contributed by atoms with Crippen LogP contribution in [0.2, 0.25) is 0 Å². The predicted molar refractivity (Wildman–Crippen MR) is 107 cm³/mol. The molecular formula is C22H30N2O6. The highest BCUT2D eigenvalue weighted by atomic mass is 16.6. The first-order valence-electron chi connectivity index (χ1n) is 11.0. The molecular weight excluding hydrogens is 388 g/mol. The van der Waals surface area contributed by atoms with Gasteiger partial charge in [0.1, 0.15) is 6.61 Å². The molecule has 2 aliphatic carbocycles. The summed E-state index contributed by atoms with van der Waals surface area (Å²) in [5.41, 5.74) is 0.662. The summed E-state index contributed by atoms with van der Waals surface area (Å²) in [6.45, 7) is 1.31. The molecule has 2 amide bonds. The molecule has 8 nitrogen and oxygen atoms in total. The van der Waals surface area contributed by atoms with Crippen molar-refractivity contribution in [1.82, 2.24) is 4.90 Å². The number of rotatable bonds is 6. The summed E-state index contributed by atoms with van der Waals surface area (Å²) in [7, 11) is 0. The number of unbranched alkanes of at least 4 members (excludes halogenated alkanes) is 1. The fourth-order valence-corrected chi connectivity index (χ4v) is 5.58. The number of oxime groups is 1. The van der Waals surface area contributed by atoms with E-state index in [2.05, 4.69) is 11.1 Å². The first-order chi connectivity index (χ1) is 14.5. The number of hydrogen-bond acceptors (Lipinski definition) is 7. The molecule has 30 heavy (non-hydrogen) atoms. The van der Waals surface area contributed by atoms with Gasteiger partial charge < -0.3 is 19.8 Å². The zero-order valence-electron chi connectivity index (χ0n) is 17.1. The molecule has 2 saturated heterocycles. The Labute approximate surface area is 176 Å². The highest BCUT2D eigenvalue weighted by Gasteiger charge is 2.59. The van der Waals surface area contributed by atoms with E-state index in [0.717, 1.165) is 12.8 Å². The molecule has 0 spiro atoms. The van der Waals surface area contributed by atoms with Gasteiger partial charge in [0.15, 0.2) is 0 Å². The average Bonchev–Trinajstić information content (AvgIpc) is 3.34. The number of carbonyl (C=O) groups excluding carboxylic acids is 2. The summed E-state index contributed by atoms with van der Waals surface area (Å²) in [6.07, 6.45) is 7.49. The van der Waals surface area contributed by atoms with Gasteiger partial charge in [-0.15, -0.1) is 12.3 Å². The second kappa shape index (κ2) is 9.04. The third-order valence-electron chi connectivity index (χ3n) is 7.02. The molecule has 8 heteroatoms. The van der Waals surface area contributed by atoms with Crippen molar-refractivity contribution < 1.29 is 29.4 Å². The predicted octanol–water partition coefficient (Wildman–Crippen LogP) is 0.704. The third kappa shape index (κ3) is 3.86. The normalized spacial score (nSPS) is 39.7. The van der Waals surface area contributed by atoms with Crippen LogP contribution in [0.3, 0.4) is 0 Å². The van der Waals surface area contributed by atoms with Gasteiger partial charge in [0.2, 0.25) is 11.8 Å². The lowest BCUT2D eigenvalue weighted by atomic mass is 9.60. The first-order valence-corrected chi connectivity index (χ1v) is 11.0. The van der Waals surface area contributed by atoms with Gasteiger partial charge in [0, 0.05) is 31.3 Å². The molecule has 0 aromatic carbocycles.